The number of benzene rings is 4. The zero-order valence-electron chi connectivity index (χ0n) is 25.6. The van der Waals surface area contributed by atoms with E-state index < -0.39 is 20.4 Å². The fraction of sp³-hybridized carbons (Fsp3) is 0.306. The van der Waals surface area contributed by atoms with Crippen LogP contribution in [-0.4, -0.2) is 18.9 Å². The van der Waals surface area contributed by atoms with E-state index in [0.29, 0.717) is 23.7 Å². The maximum atomic E-state index is 12.9. The number of hydrogen-bond donors (Lipinski definition) is 1. The van der Waals surface area contributed by atoms with Gasteiger partial charge in [0.2, 0.25) is 8.38 Å². The third-order valence-corrected chi connectivity index (χ3v) is 9.32. The quantitative estimate of drug-likeness (QED) is 0.107. The molecule has 5 rings (SSSR count). The molecule has 1 saturated heterocycles. The fourth-order valence-electron chi connectivity index (χ4n) is 5.36. The van der Waals surface area contributed by atoms with Crippen molar-refractivity contribution in [3.63, 3.8) is 0 Å². The molecule has 2 N–H and O–H groups in total. The minimum absolute atomic E-state index is 0.0470. The lowest BCUT2D eigenvalue weighted by atomic mass is 9.92. The van der Waals surface area contributed by atoms with Gasteiger partial charge in [-0.25, -0.2) is 4.79 Å². The van der Waals surface area contributed by atoms with E-state index in [1.165, 1.54) is 5.56 Å². The number of nitrogens with two attached hydrogens (primary N) is 1. The Morgan fingerprint density at radius 1 is 1.00 bits per heavy atom. The lowest BCUT2D eigenvalue weighted by molar-refractivity contribution is -0.136. The molecule has 6 nitrogen and oxygen atoms in total. The van der Waals surface area contributed by atoms with Crippen molar-refractivity contribution < 1.29 is 23.3 Å². The summed E-state index contributed by atoms with van der Waals surface area (Å²) in [6.07, 6.45) is 1.84. The van der Waals surface area contributed by atoms with Crippen molar-refractivity contribution in [2.75, 3.05) is 13.0 Å². The van der Waals surface area contributed by atoms with Gasteiger partial charge in [0, 0.05) is 11.4 Å². The van der Waals surface area contributed by atoms with E-state index >= 15 is 0 Å². The second-order valence-corrected chi connectivity index (χ2v) is 13.3. The zero-order chi connectivity index (χ0) is 31.2. The van der Waals surface area contributed by atoms with Crippen LogP contribution in [0.1, 0.15) is 77.3 Å². The second-order valence-electron chi connectivity index (χ2n) is 11.4. The molecular weight excluding hydrogens is 593 g/mol. The van der Waals surface area contributed by atoms with Crippen LogP contribution in [0.25, 0.3) is 0 Å². The number of ether oxygens (including phenoxy) is 2. The van der Waals surface area contributed by atoms with E-state index in [-0.39, 0.29) is 12.0 Å². The predicted molar refractivity (Wildman–Crippen MR) is 177 cm³/mol. The Bertz CT molecular complexity index is 1570. The van der Waals surface area contributed by atoms with Gasteiger partial charge in [-0.15, -0.1) is 0 Å². The first-order chi connectivity index (χ1) is 21.2. The minimum Gasteiger partial charge on any atom is -0.484 e. The lowest BCUT2D eigenvalue weighted by Gasteiger charge is -2.29. The van der Waals surface area contributed by atoms with E-state index in [9.17, 15) is 4.79 Å². The molecule has 1 aliphatic rings. The average molecular weight is 632 g/mol. The van der Waals surface area contributed by atoms with Gasteiger partial charge in [0.1, 0.15) is 17.5 Å². The Kier molecular flexibility index (Phi) is 10.7. The summed E-state index contributed by atoms with van der Waals surface area (Å²) in [7, 11) is -1.18. The van der Waals surface area contributed by atoms with Crippen LogP contribution >= 0.6 is 20.0 Å². The molecule has 4 aromatic carbocycles. The fourth-order valence-corrected chi connectivity index (χ4v) is 6.83. The minimum atomic E-state index is -1.18. The Morgan fingerprint density at radius 3 is 2.45 bits per heavy atom. The van der Waals surface area contributed by atoms with Gasteiger partial charge in [-0.05, 0) is 95.5 Å². The van der Waals surface area contributed by atoms with Gasteiger partial charge in [0.25, 0.3) is 0 Å². The third kappa shape index (κ3) is 8.06. The molecule has 4 aromatic rings. The molecule has 1 heterocycles. The summed E-state index contributed by atoms with van der Waals surface area (Å²) in [6.45, 7) is 9.02. The molecule has 3 atom stereocenters. The van der Waals surface area contributed by atoms with Crippen molar-refractivity contribution in [3.8, 4) is 11.5 Å². The van der Waals surface area contributed by atoms with Crippen LogP contribution < -0.4 is 15.2 Å². The largest absolute Gasteiger partial charge is 0.484 e. The Labute approximate surface area is 266 Å². The topological polar surface area (TPSA) is 80.0 Å². The van der Waals surface area contributed by atoms with Gasteiger partial charge >= 0.3 is 5.97 Å². The molecule has 0 saturated carbocycles. The van der Waals surface area contributed by atoms with Crippen LogP contribution in [0.5, 0.6) is 11.5 Å². The predicted octanol–water partition coefficient (Wildman–Crippen LogP) is 9.10. The summed E-state index contributed by atoms with van der Waals surface area (Å²) in [4.78, 5) is 12.9. The molecule has 8 heteroatoms. The summed E-state index contributed by atoms with van der Waals surface area (Å²) < 4.78 is 24.1. The zero-order valence-corrected chi connectivity index (χ0v) is 27.2. The first kappa shape index (κ1) is 32.2. The van der Waals surface area contributed by atoms with E-state index in [1.807, 2.05) is 66.7 Å². The summed E-state index contributed by atoms with van der Waals surface area (Å²) in [5, 5.41) is 0.701. The number of rotatable bonds is 10. The summed E-state index contributed by atoms with van der Waals surface area (Å²) >= 11 is 6.18. The van der Waals surface area contributed by atoms with Gasteiger partial charge < -0.3 is 24.3 Å². The maximum absolute atomic E-state index is 12.9. The van der Waals surface area contributed by atoms with Crippen molar-refractivity contribution in [3.05, 3.63) is 129 Å². The lowest BCUT2D eigenvalue weighted by Crippen LogP contribution is -2.26. The SMILES string of the molecule is Cc1cc(OCP2OCCC(c3cccc(Cl)c3)O2)cc(C)c1Cc1ccc(OC(=O)C(N)c2ccccc2)c(C(C)C)c1. The Balaban J connectivity index is 1.23. The average Bonchev–Trinajstić information content (AvgIpc) is 3.02. The van der Waals surface area contributed by atoms with Gasteiger partial charge in [0.05, 0.1) is 12.7 Å². The highest BCUT2D eigenvalue weighted by Crippen LogP contribution is 2.49. The Morgan fingerprint density at radius 2 is 1.75 bits per heavy atom. The highest BCUT2D eigenvalue weighted by Gasteiger charge is 2.26. The van der Waals surface area contributed by atoms with Crippen molar-refractivity contribution in [1.82, 2.24) is 0 Å². The monoisotopic (exact) mass is 631 g/mol. The molecule has 1 fully saturated rings. The molecule has 0 aromatic heterocycles. The van der Waals surface area contributed by atoms with Crippen LogP contribution in [0.4, 0.5) is 0 Å². The van der Waals surface area contributed by atoms with E-state index in [2.05, 4.69) is 45.9 Å². The molecule has 0 bridgehead atoms. The van der Waals surface area contributed by atoms with Crippen LogP contribution in [0.3, 0.4) is 0 Å². The van der Waals surface area contributed by atoms with Gasteiger partial charge in [-0.2, -0.15) is 0 Å². The molecule has 1 aliphatic heterocycles. The third-order valence-electron chi connectivity index (χ3n) is 7.79. The summed E-state index contributed by atoms with van der Waals surface area (Å²) in [6, 6.07) is 26.4. The molecule has 3 unspecified atom stereocenters. The van der Waals surface area contributed by atoms with Crippen LogP contribution in [0, 0.1) is 13.8 Å². The van der Waals surface area contributed by atoms with Crippen molar-refractivity contribution in [2.24, 2.45) is 5.73 Å². The maximum Gasteiger partial charge on any atom is 0.332 e. The first-order valence-electron chi connectivity index (χ1n) is 14.9. The van der Waals surface area contributed by atoms with E-state index in [4.69, 9.17) is 35.9 Å². The molecule has 0 radical (unpaired) electrons. The molecule has 230 valence electrons. The molecule has 44 heavy (non-hydrogen) atoms. The summed E-state index contributed by atoms with van der Waals surface area (Å²) in [5.74, 6) is 1.03. The number of carbonyl (C=O) groups is 1. The molecular formula is C36H39ClNO5P. The van der Waals surface area contributed by atoms with Gasteiger partial charge in [0.15, 0.2) is 6.35 Å². The number of esters is 1. The number of carbonyl (C=O) groups excluding carboxylic acids is 1. The summed E-state index contributed by atoms with van der Waals surface area (Å²) in [5.41, 5.74) is 13.6. The van der Waals surface area contributed by atoms with Crippen LogP contribution in [0.2, 0.25) is 5.02 Å². The van der Waals surface area contributed by atoms with Crippen molar-refractivity contribution in [2.45, 2.75) is 58.6 Å². The molecule has 0 spiro atoms. The van der Waals surface area contributed by atoms with E-state index in [1.54, 1.807) is 0 Å². The number of aryl methyl sites for hydroxylation is 2. The normalized spacial score (nSPS) is 17.3. The van der Waals surface area contributed by atoms with Crippen molar-refractivity contribution >= 4 is 25.9 Å². The molecule has 0 amide bonds. The van der Waals surface area contributed by atoms with Gasteiger partial charge in [-0.1, -0.05) is 80.0 Å². The van der Waals surface area contributed by atoms with E-state index in [0.717, 1.165) is 52.0 Å². The van der Waals surface area contributed by atoms with Crippen LogP contribution in [-0.2, 0) is 20.3 Å². The molecule has 0 aliphatic carbocycles. The standard InChI is InChI=1S/C36H39ClNO5P/c1-23(2)31-19-26(13-14-34(31)42-36(39)35(38)27-9-6-5-7-10-27)20-32-24(3)17-30(18-25(32)4)40-22-44-41-16-15-33(43-44)28-11-8-12-29(37)21-28/h5-14,17-19,21,23,33,35H,15-16,20,22,38H2,1-4H3. The van der Waals surface area contributed by atoms with Gasteiger partial charge in [-0.3, -0.25) is 0 Å². The van der Waals surface area contributed by atoms with Crippen LogP contribution in [0.15, 0.2) is 84.9 Å². The second kappa shape index (κ2) is 14.7. The first-order valence-corrected chi connectivity index (χ1v) is 16.6. The number of halogens is 1. The van der Waals surface area contributed by atoms with Crippen molar-refractivity contribution in [1.29, 1.82) is 0 Å². The Hall–Kier alpha value is -3.25. The number of hydrogen-bond acceptors (Lipinski definition) is 6. The smallest absolute Gasteiger partial charge is 0.332 e. The highest BCUT2D eigenvalue weighted by atomic mass is 35.5. The highest BCUT2D eigenvalue weighted by molar-refractivity contribution is 7.47.